The van der Waals surface area contributed by atoms with E-state index in [1.165, 1.54) is 0 Å². The van der Waals surface area contributed by atoms with Crippen LogP contribution in [0.1, 0.15) is 31.2 Å². The lowest BCUT2D eigenvalue weighted by Gasteiger charge is -2.17. The zero-order chi connectivity index (χ0) is 15.4. The standard InChI is InChI=1S/C16H19N3O3/c20-15-12(8-4-5-9-17-15)18-16(21)14-10-13(19-22-14)11-6-2-1-3-7-11/h1-3,6-7,12,14H,4-5,8-10H2,(H,17,20)(H,18,21)/t12-,14-/m0/s1. The van der Waals surface area contributed by atoms with Crippen LogP contribution in [0.25, 0.3) is 0 Å². The summed E-state index contributed by atoms with van der Waals surface area (Å²) in [5.41, 5.74) is 1.70. The summed E-state index contributed by atoms with van der Waals surface area (Å²) in [4.78, 5) is 29.3. The number of nitrogens with one attached hydrogen (secondary N) is 2. The van der Waals surface area contributed by atoms with Crippen molar-refractivity contribution in [2.24, 2.45) is 5.16 Å². The first-order chi connectivity index (χ1) is 10.7. The average molecular weight is 301 g/mol. The monoisotopic (exact) mass is 301 g/mol. The van der Waals surface area contributed by atoms with Crippen molar-refractivity contribution in [2.75, 3.05) is 6.54 Å². The average Bonchev–Trinajstić information content (AvgIpc) is 2.96. The molecule has 0 aliphatic carbocycles. The molecule has 1 saturated heterocycles. The number of benzene rings is 1. The van der Waals surface area contributed by atoms with Gasteiger partial charge in [-0.25, -0.2) is 0 Å². The Morgan fingerprint density at radius 3 is 2.91 bits per heavy atom. The molecule has 3 rings (SSSR count). The van der Waals surface area contributed by atoms with Crippen LogP contribution < -0.4 is 10.6 Å². The first-order valence-corrected chi connectivity index (χ1v) is 7.60. The van der Waals surface area contributed by atoms with Gasteiger partial charge in [0, 0.05) is 13.0 Å². The van der Waals surface area contributed by atoms with E-state index in [0.29, 0.717) is 19.4 Å². The summed E-state index contributed by atoms with van der Waals surface area (Å²) in [6.45, 7) is 0.673. The molecular weight excluding hydrogens is 282 g/mol. The SMILES string of the molecule is O=C1NCCCC[C@@H]1NC(=O)[C@@H]1CC(c2ccccc2)=NO1. The molecule has 0 unspecified atom stereocenters. The maximum Gasteiger partial charge on any atom is 0.264 e. The van der Waals surface area contributed by atoms with Gasteiger partial charge in [0.05, 0.1) is 5.71 Å². The first-order valence-electron chi connectivity index (χ1n) is 7.60. The highest BCUT2D eigenvalue weighted by molar-refractivity contribution is 6.04. The second-order valence-electron chi connectivity index (χ2n) is 5.55. The Morgan fingerprint density at radius 1 is 1.27 bits per heavy atom. The molecule has 2 aliphatic heterocycles. The second-order valence-corrected chi connectivity index (χ2v) is 5.55. The van der Waals surface area contributed by atoms with Gasteiger partial charge in [-0.2, -0.15) is 0 Å². The van der Waals surface area contributed by atoms with Crippen molar-refractivity contribution in [2.45, 2.75) is 37.8 Å². The molecule has 6 heteroatoms. The smallest absolute Gasteiger partial charge is 0.264 e. The predicted octanol–water partition coefficient (Wildman–Crippen LogP) is 0.964. The second kappa shape index (κ2) is 6.60. The molecule has 116 valence electrons. The highest BCUT2D eigenvalue weighted by Gasteiger charge is 2.32. The van der Waals surface area contributed by atoms with Crippen LogP contribution in [0, 0.1) is 0 Å². The van der Waals surface area contributed by atoms with Crippen molar-refractivity contribution < 1.29 is 14.4 Å². The summed E-state index contributed by atoms with van der Waals surface area (Å²) < 4.78 is 0. The summed E-state index contributed by atoms with van der Waals surface area (Å²) in [7, 11) is 0. The zero-order valence-electron chi connectivity index (χ0n) is 12.2. The van der Waals surface area contributed by atoms with Gasteiger partial charge in [-0.05, 0) is 24.8 Å². The van der Waals surface area contributed by atoms with Crippen molar-refractivity contribution in [1.82, 2.24) is 10.6 Å². The van der Waals surface area contributed by atoms with E-state index in [9.17, 15) is 9.59 Å². The van der Waals surface area contributed by atoms with Crippen molar-refractivity contribution in [3.05, 3.63) is 35.9 Å². The third-order valence-corrected chi connectivity index (χ3v) is 3.92. The van der Waals surface area contributed by atoms with Gasteiger partial charge in [0.25, 0.3) is 5.91 Å². The van der Waals surface area contributed by atoms with Crippen LogP contribution in [0.2, 0.25) is 0 Å². The molecule has 0 bridgehead atoms. The highest BCUT2D eigenvalue weighted by atomic mass is 16.6. The fourth-order valence-corrected chi connectivity index (χ4v) is 2.66. The lowest BCUT2D eigenvalue weighted by Crippen LogP contribution is -2.48. The fourth-order valence-electron chi connectivity index (χ4n) is 2.66. The minimum Gasteiger partial charge on any atom is -0.382 e. The number of hydrogen-bond acceptors (Lipinski definition) is 4. The molecule has 0 radical (unpaired) electrons. The quantitative estimate of drug-likeness (QED) is 0.873. The summed E-state index contributed by atoms with van der Waals surface area (Å²) in [6, 6.07) is 9.15. The number of nitrogens with zero attached hydrogens (tertiary/aromatic N) is 1. The van der Waals surface area contributed by atoms with Crippen molar-refractivity contribution in [1.29, 1.82) is 0 Å². The Morgan fingerprint density at radius 2 is 2.09 bits per heavy atom. The molecule has 0 saturated carbocycles. The molecule has 2 aliphatic rings. The number of oxime groups is 1. The zero-order valence-corrected chi connectivity index (χ0v) is 12.2. The molecule has 1 fully saturated rings. The normalized spacial score (nSPS) is 24.7. The summed E-state index contributed by atoms with van der Waals surface area (Å²) in [5.74, 6) is -0.398. The van der Waals surface area contributed by atoms with Crippen LogP contribution in [-0.4, -0.2) is 36.2 Å². The van der Waals surface area contributed by atoms with Gasteiger partial charge in [-0.3, -0.25) is 9.59 Å². The minimum absolute atomic E-state index is 0.118. The third-order valence-electron chi connectivity index (χ3n) is 3.92. The van der Waals surface area contributed by atoms with Crippen molar-refractivity contribution in [3.8, 4) is 0 Å². The molecule has 6 nitrogen and oxygen atoms in total. The number of hydrogen-bond donors (Lipinski definition) is 2. The van der Waals surface area contributed by atoms with E-state index in [1.807, 2.05) is 30.3 Å². The minimum atomic E-state index is -0.661. The van der Waals surface area contributed by atoms with Crippen LogP contribution >= 0.6 is 0 Å². The number of carbonyl (C=O) groups is 2. The number of carbonyl (C=O) groups excluding carboxylic acids is 2. The van der Waals surface area contributed by atoms with E-state index in [1.54, 1.807) is 0 Å². The maximum absolute atomic E-state index is 12.3. The molecule has 1 aromatic rings. The van der Waals surface area contributed by atoms with E-state index >= 15 is 0 Å². The van der Waals surface area contributed by atoms with Crippen LogP contribution in [0.4, 0.5) is 0 Å². The predicted molar refractivity (Wildman–Crippen MR) is 81.3 cm³/mol. The van der Waals surface area contributed by atoms with E-state index in [0.717, 1.165) is 24.1 Å². The lowest BCUT2D eigenvalue weighted by atomic mass is 10.0. The molecule has 0 aromatic heterocycles. The van der Waals surface area contributed by atoms with Crippen LogP contribution in [0.3, 0.4) is 0 Å². The Labute approximate surface area is 128 Å². The van der Waals surface area contributed by atoms with Crippen LogP contribution in [0.15, 0.2) is 35.5 Å². The van der Waals surface area contributed by atoms with Crippen LogP contribution in [0.5, 0.6) is 0 Å². The number of amides is 2. The van der Waals surface area contributed by atoms with E-state index < -0.39 is 12.1 Å². The Kier molecular flexibility index (Phi) is 4.37. The van der Waals surface area contributed by atoms with Crippen molar-refractivity contribution >= 4 is 17.5 Å². The molecule has 2 amide bonds. The van der Waals surface area contributed by atoms with Gasteiger partial charge < -0.3 is 15.5 Å². The van der Waals surface area contributed by atoms with Gasteiger partial charge in [-0.1, -0.05) is 35.5 Å². The molecular formula is C16H19N3O3. The van der Waals surface area contributed by atoms with Crippen molar-refractivity contribution in [3.63, 3.8) is 0 Å². The Hall–Kier alpha value is -2.37. The van der Waals surface area contributed by atoms with Gasteiger partial charge in [0.15, 0.2) is 0 Å². The molecule has 2 N–H and O–H groups in total. The van der Waals surface area contributed by atoms with Crippen LogP contribution in [-0.2, 0) is 14.4 Å². The largest absolute Gasteiger partial charge is 0.382 e. The van der Waals surface area contributed by atoms with Gasteiger partial charge >= 0.3 is 0 Å². The number of rotatable bonds is 3. The maximum atomic E-state index is 12.3. The van der Waals surface area contributed by atoms with E-state index in [4.69, 9.17) is 4.84 Å². The Bertz CT molecular complexity index is 586. The molecule has 22 heavy (non-hydrogen) atoms. The van der Waals surface area contributed by atoms with E-state index in [2.05, 4.69) is 15.8 Å². The first kappa shape index (κ1) is 14.6. The third kappa shape index (κ3) is 3.27. The molecule has 2 heterocycles. The summed E-state index contributed by atoms with van der Waals surface area (Å²) >= 11 is 0. The fraction of sp³-hybridized carbons (Fsp3) is 0.438. The summed E-state index contributed by atoms with van der Waals surface area (Å²) in [6.07, 6.45) is 2.28. The molecule has 0 spiro atoms. The Balaban J connectivity index is 1.57. The summed E-state index contributed by atoms with van der Waals surface area (Å²) in [5, 5.41) is 9.57. The highest BCUT2D eigenvalue weighted by Crippen LogP contribution is 2.17. The molecule has 1 aromatic carbocycles. The van der Waals surface area contributed by atoms with E-state index in [-0.39, 0.29) is 11.8 Å². The molecule has 2 atom stereocenters. The van der Waals surface area contributed by atoms with Gasteiger partial charge in [0.1, 0.15) is 6.04 Å². The topological polar surface area (TPSA) is 79.8 Å². The van der Waals surface area contributed by atoms with Gasteiger partial charge in [-0.15, -0.1) is 0 Å². The van der Waals surface area contributed by atoms with Gasteiger partial charge in [0.2, 0.25) is 12.0 Å². The lowest BCUT2D eigenvalue weighted by molar-refractivity contribution is -0.135.